The van der Waals surface area contributed by atoms with Gasteiger partial charge in [-0.15, -0.1) is 0 Å². The van der Waals surface area contributed by atoms with Crippen molar-refractivity contribution >= 4 is 28.3 Å². The molecule has 5 nitrogen and oxygen atoms in total. The molecule has 1 aliphatic rings. The van der Waals surface area contributed by atoms with Crippen molar-refractivity contribution in [2.75, 3.05) is 18.2 Å². The van der Waals surface area contributed by atoms with Crippen LogP contribution in [-0.4, -0.2) is 23.5 Å². The molecule has 3 N–H and O–H groups in total. The number of nitrogens with two attached hydrogens (primary N) is 1. The van der Waals surface area contributed by atoms with E-state index in [-0.39, 0.29) is 5.82 Å². The number of carbonyl (C=O) groups excluding carboxylic acids is 1. The average Bonchev–Trinajstić information content (AvgIpc) is 3.04. The van der Waals surface area contributed by atoms with E-state index in [0.717, 1.165) is 0 Å². The topological polar surface area (TPSA) is 77.2 Å². The fourth-order valence-corrected chi connectivity index (χ4v) is 2.42. The van der Waals surface area contributed by atoms with Crippen molar-refractivity contribution in [3.63, 3.8) is 0 Å². The molecular weight excluding hydrogens is 226 g/mol. The van der Waals surface area contributed by atoms with Crippen molar-refractivity contribution in [3.8, 4) is 0 Å². The summed E-state index contributed by atoms with van der Waals surface area (Å²) in [6.07, 6.45) is 2.49. The second kappa shape index (κ2) is 4.29. The number of ether oxygens (including phenoxy) is 1. The first kappa shape index (κ1) is 11.2. The number of hydrogen-bond acceptors (Lipinski definition) is 6. The molecule has 0 spiro atoms. The van der Waals surface area contributed by atoms with Crippen LogP contribution in [0.3, 0.4) is 0 Å². The van der Waals surface area contributed by atoms with Crippen molar-refractivity contribution in [2.24, 2.45) is 5.92 Å². The van der Waals surface area contributed by atoms with Crippen molar-refractivity contribution < 1.29 is 9.53 Å². The first-order valence-corrected chi connectivity index (χ1v) is 6.00. The Morgan fingerprint density at radius 1 is 1.69 bits per heavy atom. The van der Waals surface area contributed by atoms with Crippen LogP contribution in [0.2, 0.25) is 0 Å². The molecule has 1 fully saturated rings. The summed E-state index contributed by atoms with van der Waals surface area (Å²) in [4.78, 5) is 11.5. The Balaban J connectivity index is 2.16. The van der Waals surface area contributed by atoms with Gasteiger partial charge in [-0.25, -0.2) is 4.79 Å². The Kier molecular flexibility index (Phi) is 3.00. The summed E-state index contributed by atoms with van der Waals surface area (Å²) in [7, 11) is 1.34. The van der Waals surface area contributed by atoms with Gasteiger partial charge in [-0.2, -0.15) is 4.37 Å². The number of rotatable bonds is 4. The number of nitrogens with zero attached hydrogens (tertiary/aromatic N) is 1. The smallest absolute Gasteiger partial charge is 0.344 e. The van der Waals surface area contributed by atoms with Gasteiger partial charge < -0.3 is 15.8 Å². The maximum Gasteiger partial charge on any atom is 0.344 e. The molecule has 1 saturated carbocycles. The highest BCUT2D eigenvalue weighted by Crippen LogP contribution is 2.36. The number of hydrogen-bond donors (Lipinski definition) is 2. The van der Waals surface area contributed by atoms with Crippen LogP contribution in [-0.2, 0) is 4.74 Å². The second-order valence-electron chi connectivity index (χ2n) is 4.03. The van der Waals surface area contributed by atoms with Gasteiger partial charge in [0.1, 0.15) is 10.6 Å². The molecule has 1 unspecified atom stereocenters. The summed E-state index contributed by atoms with van der Waals surface area (Å²) in [6, 6.07) is 0.350. The van der Waals surface area contributed by atoms with E-state index in [1.54, 1.807) is 0 Å². The minimum absolute atomic E-state index is 0.238. The zero-order chi connectivity index (χ0) is 11.7. The third-order valence-electron chi connectivity index (χ3n) is 2.80. The zero-order valence-corrected chi connectivity index (χ0v) is 10.1. The monoisotopic (exact) mass is 241 g/mol. The Labute approximate surface area is 98.1 Å². The number of anilines is 2. The van der Waals surface area contributed by atoms with E-state index in [0.29, 0.717) is 22.5 Å². The van der Waals surface area contributed by atoms with E-state index < -0.39 is 5.97 Å². The first-order valence-electron chi connectivity index (χ1n) is 5.23. The number of carbonyl (C=O) groups is 1. The van der Waals surface area contributed by atoms with Crippen LogP contribution in [0.15, 0.2) is 0 Å². The van der Waals surface area contributed by atoms with E-state index in [1.807, 2.05) is 0 Å². The average molecular weight is 241 g/mol. The van der Waals surface area contributed by atoms with Gasteiger partial charge in [0.05, 0.1) is 7.11 Å². The Bertz CT molecular complexity index is 401. The molecule has 1 heterocycles. The van der Waals surface area contributed by atoms with Gasteiger partial charge in [-0.3, -0.25) is 0 Å². The van der Waals surface area contributed by atoms with Crippen LogP contribution < -0.4 is 11.1 Å². The normalized spacial score (nSPS) is 16.9. The van der Waals surface area contributed by atoms with Gasteiger partial charge in [0.25, 0.3) is 0 Å². The molecular formula is C10H15N3O2S. The molecule has 88 valence electrons. The second-order valence-corrected chi connectivity index (χ2v) is 4.81. The van der Waals surface area contributed by atoms with E-state index in [4.69, 9.17) is 5.73 Å². The number of methoxy groups -OCH3 is 1. The van der Waals surface area contributed by atoms with E-state index in [9.17, 15) is 4.79 Å². The molecule has 1 atom stereocenters. The Morgan fingerprint density at radius 2 is 2.38 bits per heavy atom. The van der Waals surface area contributed by atoms with Crippen LogP contribution in [0.1, 0.15) is 30.1 Å². The minimum Gasteiger partial charge on any atom is -0.465 e. The fraction of sp³-hybridized carbons (Fsp3) is 0.600. The van der Waals surface area contributed by atoms with Crippen LogP contribution in [0.4, 0.5) is 10.8 Å². The Hall–Kier alpha value is -1.30. The predicted molar refractivity (Wildman–Crippen MR) is 63.7 cm³/mol. The van der Waals surface area contributed by atoms with Gasteiger partial charge >= 0.3 is 5.97 Å². The molecule has 16 heavy (non-hydrogen) atoms. The van der Waals surface area contributed by atoms with Crippen molar-refractivity contribution in [1.29, 1.82) is 0 Å². The largest absolute Gasteiger partial charge is 0.465 e. The summed E-state index contributed by atoms with van der Waals surface area (Å²) in [6.45, 7) is 2.11. The first-order chi connectivity index (χ1) is 7.63. The highest BCUT2D eigenvalue weighted by Gasteiger charge is 2.30. The van der Waals surface area contributed by atoms with E-state index in [1.165, 1.54) is 31.5 Å². The van der Waals surface area contributed by atoms with Crippen LogP contribution >= 0.6 is 11.5 Å². The molecule has 2 rings (SSSR count). The maximum absolute atomic E-state index is 11.5. The number of esters is 1. The van der Waals surface area contributed by atoms with Gasteiger partial charge in [0.2, 0.25) is 0 Å². The molecule has 1 aromatic heterocycles. The quantitative estimate of drug-likeness (QED) is 0.785. The van der Waals surface area contributed by atoms with Crippen LogP contribution in [0.5, 0.6) is 0 Å². The lowest BCUT2D eigenvalue weighted by molar-refractivity contribution is 0.0603. The van der Waals surface area contributed by atoms with Crippen LogP contribution in [0.25, 0.3) is 0 Å². The van der Waals surface area contributed by atoms with Gasteiger partial charge in [0, 0.05) is 6.04 Å². The minimum atomic E-state index is -0.434. The van der Waals surface area contributed by atoms with Gasteiger partial charge in [-0.05, 0) is 37.2 Å². The molecule has 0 saturated heterocycles. The highest BCUT2D eigenvalue weighted by atomic mass is 32.1. The third-order valence-corrected chi connectivity index (χ3v) is 3.59. The predicted octanol–water partition coefficient (Wildman–Crippen LogP) is 1.72. The summed E-state index contributed by atoms with van der Waals surface area (Å²) in [5, 5.41) is 4.00. The molecule has 0 aromatic carbocycles. The molecule has 1 aromatic rings. The lowest BCUT2D eigenvalue weighted by atomic mass is 10.2. The molecule has 0 bridgehead atoms. The summed E-state index contributed by atoms with van der Waals surface area (Å²) < 4.78 is 8.66. The summed E-state index contributed by atoms with van der Waals surface area (Å²) >= 11 is 1.21. The third kappa shape index (κ3) is 2.11. The number of aromatic nitrogens is 1. The number of nitrogen functional groups attached to an aromatic ring is 1. The standard InChI is InChI=1S/C10H15N3O2S/c1-5(6-3-4-6)12-9-7(10(14)15-2)8(11)13-16-9/h5-6,12H,3-4H2,1-2H3,(H2,11,13). The van der Waals surface area contributed by atoms with Gasteiger partial charge in [-0.1, -0.05) is 0 Å². The Morgan fingerprint density at radius 3 is 2.94 bits per heavy atom. The summed E-state index contributed by atoms with van der Waals surface area (Å²) in [5.41, 5.74) is 6.00. The molecule has 6 heteroatoms. The molecule has 0 radical (unpaired) electrons. The lowest BCUT2D eigenvalue weighted by Crippen LogP contribution is -2.18. The lowest BCUT2D eigenvalue weighted by Gasteiger charge is -2.12. The van der Waals surface area contributed by atoms with Crippen LogP contribution in [0, 0.1) is 5.92 Å². The zero-order valence-electron chi connectivity index (χ0n) is 9.32. The fourth-order valence-electron chi connectivity index (χ4n) is 1.62. The highest BCUT2D eigenvalue weighted by molar-refractivity contribution is 7.11. The van der Waals surface area contributed by atoms with Crippen molar-refractivity contribution in [3.05, 3.63) is 5.56 Å². The molecule has 0 aliphatic heterocycles. The van der Waals surface area contributed by atoms with E-state index >= 15 is 0 Å². The molecule has 1 aliphatic carbocycles. The summed E-state index contributed by atoms with van der Waals surface area (Å²) in [5.74, 6) is 0.507. The van der Waals surface area contributed by atoms with Crippen molar-refractivity contribution in [1.82, 2.24) is 4.37 Å². The van der Waals surface area contributed by atoms with Crippen molar-refractivity contribution in [2.45, 2.75) is 25.8 Å². The van der Waals surface area contributed by atoms with Gasteiger partial charge in [0.15, 0.2) is 5.82 Å². The number of nitrogens with one attached hydrogen (secondary N) is 1. The molecule has 0 amide bonds. The maximum atomic E-state index is 11.5. The van der Waals surface area contributed by atoms with E-state index in [2.05, 4.69) is 21.4 Å². The SMILES string of the molecule is COC(=O)c1c(N)nsc1NC(C)C1CC1.